The Labute approximate surface area is 144 Å². The zero-order chi connectivity index (χ0) is 18.0. The Morgan fingerprint density at radius 3 is 2.38 bits per heavy atom. The van der Waals surface area contributed by atoms with Crippen LogP contribution < -0.4 is 0 Å². The molecule has 0 atom stereocenters. The summed E-state index contributed by atoms with van der Waals surface area (Å²) in [5.74, 6) is -0.347. The van der Waals surface area contributed by atoms with Gasteiger partial charge in [0.1, 0.15) is 5.78 Å². The summed E-state index contributed by atoms with van der Waals surface area (Å²) in [5.41, 5.74) is 1.74. The molecule has 0 saturated carbocycles. The summed E-state index contributed by atoms with van der Waals surface area (Å²) in [6, 6.07) is 9.83. The van der Waals surface area contributed by atoms with Crippen molar-refractivity contribution in [2.75, 3.05) is 13.2 Å². The van der Waals surface area contributed by atoms with Crippen molar-refractivity contribution in [2.24, 2.45) is 5.41 Å². The van der Waals surface area contributed by atoms with Gasteiger partial charge in [-0.05, 0) is 16.6 Å². The van der Waals surface area contributed by atoms with E-state index in [1.165, 1.54) is 0 Å². The van der Waals surface area contributed by atoms with Gasteiger partial charge in [0.15, 0.2) is 0 Å². The van der Waals surface area contributed by atoms with Gasteiger partial charge < -0.3 is 9.47 Å². The predicted octanol–water partition coefficient (Wildman–Crippen LogP) is 4.09. The van der Waals surface area contributed by atoms with Gasteiger partial charge in [-0.15, -0.1) is 0 Å². The minimum atomic E-state index is -0.329. The zero-order valence-corrected chi connectivity index (χ0v) is 15.0. The van der Waals surface area contributed by atoms with Crippen LogP contribution in [0.2, 0.25) is 0 Å². The third-order valence-electron chi connectivity index (χ3n) is 3.14. The molecule has 0 aliphatic carbocycles. The number of hydrogen-bond acceptors (Lipinski definition) is 4. The summed E-state index contributed by atoms with van der Waals surface area (Å²) < 4.78 is 10.7. The molecule has 0 radical (unpaired) electrons. The molecule has 0 amide bonds. The van der Waals surface area contributed by atoms with Crippen molar-refractivity contribution in [1.82, 2.24) is 0 Å². The molecule has 4 heteroatoms. The van der Waals surface area contributed by atoms with Gasteiger partial charge in [-0.3, -0.25) is 9.59 Å². The van der Waals surface area contributed by atoms with Crippen LogP contribution in [-0.4, -0.2) is 25.0 Å². The molecule has 0 fully saturated rings. The zero-order valence-electron chi connectivity index (χ0n) is 15.0. The molecule has 4 nitrogen and oxygen atoms in total. The van der Waals surface area contributed by atoms with Crippen molar-refractivity contribution in [3.63, 3.8) is 0 Å². The van der Waals surface area contributed by atoms with E-state index in [2.05, 4.69) is 6.58 Å². The normalized spacial score (nSPS) is 11.1. The van der Waals surface area contributed by atoms with Crippen molar-refractivity contribution < 1.29 is 19.1 Å². The highest BCUT2D eigenvalue weighted by Gasteiger charge is 2.15. The molecule has 0 spiro atoms. The number of esters is 1. The number of ketones is 1. The van der Waals surface area contributed by atoms with Gasteiger partial charge in [-0.25, -0.2) is 0 Å². The third-order valence-corrected chi connectivity index (χ3v) is 3.14. The van der Waals surface area contributed by atoms with Gasteiger partial charge in [-0.2, -0.15) is 0 Å². The van der Waals surface area contributed by atoms with Gasteiger partial charge in [0.05, 0.1) is 26.2 Å². The fraction of sp³-hybridized carbons (Fsp3) is 0.500. The van der Waals surface area contributed by atoms with Gasteiger partial charge in [0.2, 0.25) is 0 Å². The number of carbonyl (C=O) groups excluding carboxylic acids is 2. The Kier molecular flexibility index (Phi) is 8.41. The van der Waals surface area contributed by atoms with E-state index in [1.807, 2.05) is 51.1 Å². The third kappa shape index (κ3) is 9.95. The van der Waals surface area contributed by atoms with Crippen molar-refractivity contribution in [1.29, 1.82) is 0 Å². The molecule has 24 heavy (non-hydrogen) atoms. The van der Waals surface area contributed by atoms with Crippen LogP contribution in [0.4, 0.5) is 0 Å². The largest absolute Gasteiger partial charge is 0.465 e. The predicted molar refractivity (Wildman–Crippen MR) is 94.5 cm³/mol. The van der Waals surface area contributed by atoms with Crippen molar-refractivity contribution in [3.8, 4) is 0 Å². The molecule has 0 bridgehead atoms. The molecule has 0 N–H and O–H groups in total. The molecule has 132 valence electrons. The van der Waals surface area contributed by atoms with Gasteiger partial charge in [0, 0.05) is 12.8 Å². The highest BCUT2D eigenvalue weighted by Crippen LogP contribution is 2.14. The summed E-state index contributed by atoms with van der Waals surface area (Å²) in [5, 5.41) is 0. The Morgan fingerprint density at radius 1 is 1.08 bits per heavy atom. The lowest BCUT2D eigenvalue weighted by molar-refractivity contribution is -0.147. The van der Waals surface area contributed by atoms with Gasteiger partial charge in [-0.1, -0.05) is 57.7 Å². The highest BCUT2D eigenvalue weighted by molar-refractivity contribution is 5.84. The smallest absolute Gasteiger partial charge is 0.306 e. The SMILES string of the molecule is C=C(COCc1ccccc1)CC(=O)CCC(=O)OCC(C)(C)C. The lowest BCUT2D eigenvalue weighted by Crippen LogP contribution is -2.18. The molecule has 1 aromatic carbocycles. The summed E-state index contributed by atoms with van der Waals surface area (Å²) in [6.45, 7) is 11.0. The highest BCUT2D eigenvalue weighted by atomic mass is 16.5. The van der Waals surface area contributed by atoms with E-state index in [0.717, 1.165) is 11.1 Å². The second kappa shape index (κ2) is 10.0. The molecule has 1 aromatic rings. The topological polar surface area (TPSA) is 52.6 Å². The number of benzene rings is 1. The first-order valence-electron chi connectivity index (χ1n) is 8.22. The molecule has 0 heterocycles. The Bertz CT molecular complexity index is 541. The number of carbonyl (C=O) groups is 2. The summed E-state index contributed by atoms with van der Waals surface area (Å²) >= 11 is 0. The standard InChI is InChI=1S/C20H28O4/c1-16(13-23-14-17-8-6-5-7-9-17)12-18(21)10-11-19(22)24-15-20(2,3)4/h5-9H,1,10-15H2,2-4H3. The van der Waals surface area contributed by atoms with Gasteiger partial charge in [0.25, 0.3) is 0 Å². The first-order chi connectivity index (χ1) is 11.3. The lowest BCUT2D eigenvalue weighted by Gasteiger charge is -2.17. The van der Waals surface area contributed by atoms with Crippen molar-refractivity contribution in [2.45, 2.75) is 46.6 Å². The van der Waals surface area contributed by atoms with E-state index in [1.54, 1.807) is 0 Å². The fourth-order valence-electron chi connectivity index (χ4n) is 1.92. The van der Waals surface area contributed by atoms with E-state index in [-0.39, 0.29) is 36.4 Å². The van der Waals surface area contributed by atoms with Crippen LogP contribution in [0.15, 0.2) is 42.5 Å². The van der Waals surface area contributed by atoms with Crippen LogP contribution in [0.1, 0.15) is 45.6 Å². The Balaban J connectivity index is 2.15. The monoisotopic (exact) mass is 332 g/mol. The minimum absolute atomic E-state index is 0.0176. The van der Waals surface area contributed by atoms with E-state index < -0.39 is 0 Å². The average Bonchev–Trinajstić information content (AvgIpc) is 2.51. The fourth-order valence-corrected chi connectivity index (χ4v) is 1.92. The lowest BCUT2D eigenvalue weighted by atomic mass is 9.99. The molecule has 0 saturated heterocycles. The second-order valence-corrected chi connectivity index (χ2v) is 7.17. The van der Waals surface area contributed by atoms with Crippen molar-refractivity contribution >= 4 is 11.8 Å². The molecule has 0 aromatic heterocycles. The molecular weight excluding hydrogens is 304 g/mol. The second-order valence-electron chi connectivity index (χ2n) is 7.17. The molecule has 1 rings (SSSR count). The van der Waals surface area contributed by atoms with Crippen LogP contribution in [0.5, 0.6) is 0 Å². The number of Topliss-reactive ketones (excluding diaryl/α,β-unsaturated/α-hetero) is 1. The summed E-state index contributed by atoms with van der Waals surface area (Å²) in [6.07, 6.45) is 0.537. The maximum Gasteiger partial charge on any atom is 0.306 e. The molecule has 0 aliphatic heterocycles. The minimum Gasteiger partial charge on any atom is -0.465 e. The number of hydrogen-bond donors (Lipinski definition) is 0. The van der Waals surface area contributed by atoms with E-state index in [0.29, 0.717) is 19.8 Å². The Hall–Kier alpha value is -1.94. The quantitative estimate of drug-likeness (QED) is 0.478. The van der Waals surface area contributed by atoms with Crippen LogP contribution in [-0.2, 0) is 25.7 Å². The first-order valence-corrected chi connectivity index (χ1v) is 8.22. The van der Waals surface area contributed by atoms with Crippen molar-refractivity contribution in [3.05, 3.63) is 48.0 Å². The van der Waals surface area contributed by atoms with E-state index in [4.69, 9.17) is 9.47 Å². The Morgan fingerprint density at radius 2 is 1.75 bits per heavy atom. The van der Waals surface area contributed by atoms with E-state index in [9.17, 15) is 9.59 Å². The van der Waals surface area contributed by atoms with Crippen LogP contribution >= 0.6 is 0 Å². The molecule has 0 unspecified atom stereocenters. The van der Waals surface area contributed by atoms with Crippen LogP contribution in [0, 0.1) is 5.41 Å². The maximum absolute atomic E-state index is 11.9. The summed E-state index contributed by atoms with van der Waals surface area (Å²) in [4.78, 5) is 23.5. The molecule has 0 aliphatic rings. The van der Waals surface area contributed by atoms with Crippen LogP contribution in [0.25, 0.3) is 0 Å². The average molecular weight is 332 g/mol. The number of rotatable bonds is 10. The number of ether oxygens (including phenoxy) is 2. The maximum atomic E-state index is 11.9. The first kappa shape index (κ1) is 20.1. The van der Waals surface area contributed by atoms with Gasteiger partial charge >= 0.3 is 5.97 Å². The summed E-state index contributed by atoms with van der Waals surface area (Å²) in [7, 11) is 0. The van der Waals surface area contributed by atoms with E-state index >= 15 is 0 Å². The molecular formula is C20H28O4. The van der Waals surface area contributed by atoms with Crippen LogP contribution in [0.3, 0.4) is 0 Å².